The van der Waals surface area contributed by atoms with E-state index in [1.807, 2.05) is 0 Å². The standard InChI is InChI=1S/C15H34N2O/c1-13(2)11-16-8-10-18-12-15(5)7-9-17(6)14(3)4/h13-16H,7-12H2,1-6H3. The largest absolute Gasteiger partial charge is 0.380 e. The fourth-order valence-corrected chi connectivity index (χ4v) is 1.59. The van der Waals surface area contributed by atoms with Gasteiger partial charge in [-0.3, -0.25) is 0 Å². The van der Waals surface area contributed by atoms with Crippen LogP contribution in [0.5, 0.6) is 0 Å². The molecule has 0 heterocycles. The smallest absolute Gasteiger partial charge is 0.0591 e. The molecule has 3 nitrogen and oxygen atoms in total. The molecule has 0 rings (SSSR count). The zero-order chi connectivity index (χ0) is 14.0. The Morgan fingerprint density at radius 1 is 1.11 bits per heavy atom. The van der Waals surface area contributed by atoms with E-state index >= 15 is 0 Å². The maximum Gasteiger partial charge on any atom is 0.0591 e. The predicted molar refractivity (Wildman–Crippen MR) is 80.1 cm³/mol. The summed E-state index contributed by atoms with van der Waals surface area (Å²) in [5, 5.41) is 3.39. The zero-order valence-corrected chi connectivity index (χ0v) is 13.3. The second-order valence-electron chi connectivity index (χ2n) is 6.14. The maximum absolute atomic E-state index is 5.69. The number of nitrogens with zero attached hydrogens (tertiary/aromatic N) is 1. The zero-order valence-electron chi connectivity index (χ0n) is 13.3. The molecule has 18 heavy (non-hydrogen) atoms. The lowest BCUT2D eigenvalue weighted by Crippen LogP contribution is -2.29. The molecule has 110 valence electrons. The van der Waals surface area contributed by atoms with Crippen molar-refractivity contribution in [3.8, 4) is 0 Å². The van der Waals surface area contributed by atoms with Gasteiger partial charge in [0.05, 0.1) is 6.61 Å². The second-order valence-corrected chi connectivity index (χ2v) is 6.14. The van der Waals surface area contributed by atoms with Crippen LogP contribution in [0.3, 0.4) is 0 Å². The van der Waals surface area contributed by atoms with E-state index < -0.39 is 0 Å². The van der Waals surface area contributed by atoms with Gasteiger partial charge in [-0.15, -0.1) is 0 Å². The van der Waals surface area contributed by atoms with Crippen molar-refractivity contribution in [2.24, 2.45) is 11.8 Å². The number of ether oxygens (including phenoxy) is 1. The highest BCUT2D eigenvalue weighted by Gasteiger charge is 2.07. The van der Waals surface area contributed by atoms with Crippen LogP contribution < -0.4 is 5.32 Å². The Balaban J connectivity index is 3.34. The first-order chi connectivity index (χ1) is 8.43. The van der Waals surface area contributed by atoms with E-state index in [-0.39, 0.29) is 0 Å². The lowest BCUT2D eigenvalue weighted by Gasteiger charge is -2.22. The van der Waals surface area contributed by atoms with Crippen molar-refractivity contribution in [2.45, 2.75) is 47.1 Å². The highest BCUT2D eigenvalue weighted by molar-refractivity contribution is 4.60. The lowest BCUT2D eigenvalue weighted by atomic mass is 10.1. The molecule has 0 saturated heterocycles. The van der Waals surface area contributed by atoms with Crippen molar-refractivity contribution in [3.63, 3.8) is 0 Å². The first-order valence-electron chi connectivity index (χ1n) is 7.42. The van der Waals surface area contributed by atoms with Crippen LogP contribution in [-0.2, 0) is 4.74 Å². The average molecular weight is 258 g/mol. The van der Waals surface area contributed by atoms with Crippen molar-refractivity contribution in [3.05, 3.63) is 0 Å². The Labute approximate surface area is 114 Å². The fraction of sp³-hybridized carbons (Fsp3) is 1.00. The van der Waals surface area contributed by atoms with Crippen molar-refractivity contribution < 1.29 is 4.74 Å². The molecule has 0 fully saturated rings. The minimum Gasteiger partial charge on any atom is -0.380 e. The summed E-state index contributed by atoms with van der Waals surface area (Å²) in [6, 6.07) is 0.637. The molecule has 3 heteroatoms. The van der Waals surface area contributed by atoms with Crippen LogP contribution in [0, 0.1) is 11.8 Å². The Bertz CT molecular complexity index is 183. The van der Waals surface area contributed by atoms with Crippen LogP contribution in [0.2, 0.25) is 0 Å². The molecular weight excluding hydrogens is 224 g/mol. The summed E-state index contributed by atoms with van der Waals surface area (Å²) in [5.74, 6) is 1.37. The van der Waals surface area contributed by atoms with Gasteiger partial charge in [-0.25, -0.2) is 0 Å². The Morgan fingerprint density at radius 3 is 2.33 bits per heavy atom. The van der Waals surface area contributed by atoms with Crippen LogP contribution in [0.1, 0.15) is 41.0 Å². The molecule has 0 aromatic rings. The van der Waals surface area contributed by atoms with Gasteiger partial charge in [0.1, 0.15) is 0 Å². The van der Waals surface area contributed by atoms with Gasteiger partial charge in [0.2, 0.25) is 0 Å². The molecule has 0 aliphatic carbocycles. The summed E-state index contributed by atoms with van der Waals surface area (Å²) in [4.78, 5) is 2.39. The molecule has 0 aliphatic heterocycles. The molecule has 0 aromatic heterocycles. The van der Waals surface area contributed by atoms with Gasteiger partial charge in [-0.05, 0) is 52.2 Å². The summed E-state index contributed by atoms with van der Waals surface area (Å²) in [5.41, 5.74) is 0. The highest BCUT2D eigenvalue weighted by atomic mass is 16.5. The van der Waals surface area contributed by atoms with Crippen molar-refractivity contribution >= 4 is 0 Å². The minimum absolute atomic E-state index is 0.637. The first kappa shape index (κ1) is 17.9. The number of hydrogen-bond acceptors (Lipinski definition) is 3. The van der Waals surface area contributed by atoms with Crippen LogP contribution in [0.25, 0.3) is 0 Å². The molecule has 0 bridgehead atoms. The van der Waals surface area contributed by atoms with Crippen molar-refractivity contribution in [1.82, 2.24) is 10.2 Å². The summed E-state index contributed by atoms with van der Waals surface area (Å²) in [7, 11) is 2.19. The van der Waals surface area contributed by atoms with Gasteiger partial charge in [0.15, 0.2) is 0 Å². The van der Waals surface area contributed by atoms with E-state index in [0.717, 1.165) is 38.8 Å². The van der Waals surface area contributed by atoms with E-state index in [0.29, 0.717) is 12.0 Å². The molecule has 0 aromatic carbocycles. The first-order valence-corrected chi connectivity index (χ1v) is 7.42. The van der Waals surface area contributed by atoms with Gasteiger partial charge in [0, 0.05) is 19.2 Å². The third-order valence-corrected chi connectivity index (χ3v) is 3.23. The quantitative estimate of drug-likeness (QED) is 0.577. The van der Waals surface area contributed by atoms with Crippen LogP contribution in [0.4, 0.5) is 0 Å². The second kappa shape index (κ2) is 10.8. The molecule has 0 radical (unpaired) electrons. The summed E-state index contributed by atoms with van der Waals surface area (Å²) in [6.07, 6.45) is 1.22. The highest BCUT2D eigenvalue weighted by Crippen LogP contribution is 2.05. The molecule has 0 saturated carbocycles. The average Bonchev–Trinajstić information content (AvgIpc) is 2.29. The molecule has 0 aliphatic rings. The monoisotopic (exact) mass is 258 g/mol. The molecule has 1 unspecified atom stereocenters. The topological polar surface area (TPSA) is 24.5 Å². The Morgan fingerprint density at radius 2 is 1.78 bits per heavy atom. The molecule has 1 N–H and O–H groups in total. The molecule has 0 amide bonds. The molecule has 0 spiro atoms. The molecular formula is C15H34N2O. The summed E-state index contributed by atoms with van der Waals surface area (Å²) in [6.45, 7) is 16.1. The number of nitrogens with one attached hydrogen (secondary N) is 1. The maximum atomic E-state index is 5.69. The predicted octanol–water partition coefficient (Wildman–Crippen LogP) is 2.62. The van der Waals surface area contributed by atoms with E-state index in [4.69, 9.17) is 4.74 Å². The third kappa shape index (κ3) is 11.0. The Hall–Kier alpha value is -0.120. The van der Waals surface area contributed by atoms with Gasteiger partial charge in [0.25, 0.3) is 0 Å². The van der Waals surface area contributed by atoms with Crippen LogP contribution >= 0.6 is 0 Å². The van der Waals surface area contributed by atoms with E-state index in [2.05, 4.69) is 51.9 Å². The normalized spacial score (nSPS) is 13.8. The number of hydrogen-bond donors (Lipinski definition) is 1. The van der Waals surface area contributed by atoms with Crippen molar-refractivity contribution in [1.29, 1.82) is 0 Å². The minimum atomic E-state index is 0.637. The SMILES string of the molecule is CC(C)CNCCOCC(C)CCN(C)C(C)C. The van der Waals surface area contributed by atoms with Gasteiger partial charge in [-0.1, -0.05) is 20.8 Å². The summed E-state index contributed by atoms with van der Waals surface area (Å²) >= 11 is 0. The lowest BCUT2D eigenvalue weighted by molar-refractivity contribution is 0.0980. The Kier molecular flexibility index (Phi) is 10.7. The third-order valence-electron chi connectivity index (χ3n) is 3.23. The molecule has 1 atom stereocenters. The van der Waals surface area contributed by atoms with Gasteiger partial charge >= 0.3 is 0 Å². The van der Waals surface area contributed by atoms with E-state index in [9.17, 15) is 0 Å². The fourth-order valence-electron chi connectivity index (χ4n) is 1.59. The van der Waals surface area contributed by atoms with Crippen LogP contribution in [-0.4, -0.2) is 50.8 Å². The van der Waals surface area contributed by atoms with Gasteiger partial charge < -0.3 is 15.0 Å². The summed E-state index contributed by atoms with van der Waals surface area (Å²) < 4.78 is 5.69. The van der Waals surface area contributed by atoms with Crippen LogP contribution in [0.15, 0.2) is 0 Å². The van der Waals surface area contributed by atoms with E-state index in [1.54, 1.807) is 0 Å². The number of rotatable bonds is 11. The van der Waals surface area contributed by atoms with Crippen molar-refractivity contribution in [2.75, 3.05) is 39.9 Å². The van der Waals surface area contributed by atoms with E-state index in [1.165, 1.54) is 6.42 Å². The van der Waals surface area contributed by atoms with Gasteiger partial charge in [-0.2, -0.15) is 0 Å².